The molecular weight excluding hydrogens is 220 g/mol. The van der Waals surface area contributed by atoms with Crippen LogP contribution in [0.5, 0.6) is 0 Å². The van der Waals surface area contributed by atoms with Gasteiger partial charge < -0.3 is 4.90 Å². The molecule has 0 spiro atoms. The normalized spacial score (nSPS) is 16.5. The van der Waals surface area contributed by atoms with E-state index in [1.165, 1.54) is 17.3 Å². The first kappa shape index (κ1) is 9.85. The molecule has 1 aromatic rings. The van der Waals surface area contributed by atoms with Crippen LogP contribution in [-0.4, -0.2) is 34.9 Å². The van der Waals surface area contributed by atoms with Gasteiger partial charge in [-0.25, -0.2) is 4.98 Å². The first-order valence-corrected chi connectivity index (χ1v) is 4.58. The van der Waals surface area contributed by atoms with E-state index in [0.717, 1.165) is 0 Å². The van der Waals surface area contributed by atoms with Gasteiger partial charge in [-0.1, -0.05) is 11.6 Å². The van der Waals surface area contributed by atoms with Crippen molar-refractivity contribution in [2.24, 2.45) is 0 Å². The summed E-state index contributed by atoms with van der Waals surface area (Å²) in [5, 5.41) is 2.42. The number of imide groups is 1. The fraction of sp³-hybridized carbons (Fsp3) is 0.250. The van der Waals surface area contributed by atoms with E-state index in [1.54, 1.807) is 0 Å². The van der Waals surface area contributed by atoms with E-state index in [2.05, 4.69) is 15.3 Å². The highest BCUT2D eigenvalue weighted by molar-refractivity contribution is 6.29. The molecule has 0 radical (unpaired) electrons. The molecule has 78 valence electrons. The Morgan fingerprint density at radius 2 is 1.93 bits per heavy atom. The van der Waals surface area contributed by atoms with Crippen LogP contribution in [-0.2, 0) is 9.59 Å². The molecule has 2 amide bonds. The predicted octanol–water partition coefficient (Wildman–Crippen LogP) is -0.407. The number of amides is 2. The first-order valence-electron chi connectivity index (χ1n) is 4.20. The fourth-order valence-corrected chi connectivity index (χ4v) is 1.43. The summed E-state index contributed by atoms with van der Waals surface area (Å²) >= 11 is 5.65. The van der Waals surface area contributed by atoms with Crippen LogP contribution < -0.4 is 10.2 Å². The first-order chi connectivity index (χ1) is 7.15. The average Bonchev–Trinajstić information content (AvgIpc) is 2.16. The van der Waals surface area contributed by atoms with Crippen LogP contribution in [0.1, 0.15) is 0 Å². The topological polar surface area (TPSA) is 75.2 Å². The molecule has 2 heterocycles. The molecule has 0 aliphatic carbocycles. The van der Waals surface area contributed by atoms with Gasteiger partial charge in [0.1, 0.15) is 11.0 Å². The summed E-state index contributed by atoms with van der Waals surface area (Å²) < 4.78 is 0. The average molecular weight is 227 g/mol. The number of nitrogens with one attached hydrogen (secondary N) is 1. The summed E-state index contributed by atoms with van der Waals surface area (Å²) in [6, 6.07) is 0. The van der Waals surface area contributed by atoms with Gasteiger partial charge in [-0.15, -0.1) is 0 Å². The van der Waals surface area contributed by atoms with Gasteiger partial charge in [0.15, 0.2) is 0 Å². The number of piperazine rings is 1. The van der Waals surface area contributed by atoms with Gasteiger partial charge >= 0.3 is 0 Å². The van der Waals surface area contributed by atoms with Crippen LogP contribution in [0.3, 0.4) is 0 Å². The zero-order valence-electron chi connectivity index (χ0n) is 7.61. The lowest BCUT2D eigenvalue weighted by Gasteiger charge is -2.25. The quantitative estimate of drug-likeness (QED) is 0.659. The molecule has 0 atom stereocenters. The number of rotatable bonds is 1. The van der Waals surface area contributed by atoms with Crippen LogP contribution in [0.4, 0.5) is 5.82 Å². The minimum atomic E-state index is -0.354. The van der Waals surface area contributed by atoms with Gasteiger partial charge in [-0.3, -0.25) is 19.9 Å². The van der Waals surface area contributed by atoms with Crippen LogP contribution in [0.25, 0.3) is 0 Å². The summed E-state index contributed by atoms with van der Waals surface area (Å²) in [6.45, 7) is 0.168. The summed E-state index contributed by atoms with van der Waals surface area (Å²) in [6.07, 6.45) is 2.84. The fourth-order valence-electron chi connectivity index (χ4n) is 1.28. The summed E-state index contributed by atoms with van der Waals surface area (Å²) in [4.78, 5) is 31.5. The van der Waals surface area contributed by atoms with Crippen molar-refractivity contribution in [1.82, 2.24) is 15.3 Å². The molecule has 1 fully saturated rings. The van der Waals surface area contributed by atoms with Gasteiger partial charge in [-0.05, 0) is 0 Å². The number of anilines is 1. The standard InChI is InChI=1S/C8H7ClN4O2/c9-5-1-10-2-6(11-5)13-3-7(14)12-8(15)4-13/h1-2H,3-4H2,(H,12,14,15). The zero-order chi connectivity index (χ0) is 10.8. The van der Waals surface area contributed by atoms with Crippen LogP contribution in [0.15, 0.2) is 12.4 Å². The molecule has 1 aliphatic heterocycles. The Bertz CT molecular complexity index is 407. The van der Waals surface area contributed by atoms with E-state index in [4.69, 9.17) is 11.6 Å². The number of aromatic nitrogens is 2. The molecular formula is C8H7ClN4O2. The van der Waals surface area contributed by atoms with Crippen molar-refractivity contribution in [3.05, 3.63) is 17.5 Å². The lowest BCUT2D eigenvalue weighted by molar-refractivity contribution is -0.130. The van der Waals surface area contributed by atoms with Gasteiger partial charge in [-0.2, -0.15) is 0 Å². The van der Waals surface area contributed by atoms with Crippen molar-refractivity contribution in [1.29, 1.82) is 0 Å². The van der Waals surface area contributed by atoms with Crippen LogP contribution >= 0.6 is 11.6 Å². The van der Waals surface area contributed by atoms with E-state index < -0.39 is 0 Å². The Balaban J connectivity index is 2.23. The van der Waals surface area contributed by atoms with Crippen molar-refractivity contribution in [3.8, 4) is 0 Å². The summed E-state index contributed by atoms with van der Waals surface area (Å²) in [7, 11) is 0. The second kappa shape index (κ2) is 3.82. The smallest absolute Gasteiger partial charge is 0.246 e. The molecule has 2 rings (SSSR count). The maximum Gasteiger partial charge on any atom is 0.246 e. The predicted molar refractivity (Wildman–Crippen MR) is 52.4 cm³/mol. The Morgan fingerprint density at radius 3 is 2.53 bits per heavy atom. The van der Waals surface area contributed by atoms with Crippen LogP contribution in [0, 0.1) is 0 Å². The minimum Gasteiger partial charge on any atom is -0.337 e. The molecule has 6 nitrogen and oxygen atoms in total. The third-order valence-electron chi connectivity index (χ3n) is 1.86. The number of carbonyl (C=O) groups is 2. The van der Waals surface area contributed by atoms with E-state index >= 15 is 0 Å². The molecule has 1 aliphatic rings. The van der Waals surface area contributed by atoms with Gasteiger partial charge in [0.2, 0.25) is 11.8 Å². The Hall–Kier alpha value is -1.69. The van der Waals surface area contributed by atoms with Crippen molar-refractivity contribution in [2.45, 2.75) is 0 Å². The molecule has 1 N–H and O–H groups in total. The summed E-state index contributed by atoms with van der Waals surface area (Å²) in [5.74, 6) is -0.285. The highest BCUT2D eigenvalue weighted by atomic mass is 35.5. The lowest BCUT2D eigenvalue weighted by atomic mass is 10.3. The number of halogens is 1. The monoisotopic (exact) mass is 226 g/mol. The molecule has 1 saturated heterocycles. The number of hydrogen-bond donors (Lipinski definition) is 1. The van der Waals surface area contributed by atoms with Crippen LogP contribution in [0.2, 0.25) is 5.15 Å². The maximum absolute atomic E-state index is 11.1. The van der Waals surface area contributed by atoms with Crippen molar-refractivity contribution < 1.29 is 9.59 Å². The lowest BCUT2D eigenvalue weighted by Crippen LogP contribution is -2.51. The number of nitrogens with zero attached hydrogens (tertiary/aromatic N) is 3. The number of carbonyl (C=O) groups excluding carboxylic acids is 2. The Morgan fingerprint density at radius 1 is 1.27 bits per heavy atom. The Kier molecular flexibility index (Phi) is 2.51. The zero-order valence-corrected chi connectivity index (χ0v) is 8.36. The molecule has 1 aromatic heterocycles. The van der Waals surface area contributed by atoms with Gasteiger partial charge in [0, 0.05) is 0 Å². The van der Waals surface area contributed by atoms with Crippen molar-refractivity contribution in [2.75, 3.05) is 18.0 Å². The van der Waals surface area contributed by atoms with E-state index in [9.17, 15) is 9.59 Å². The molecule has 15 heavy (non-hydrogen) atoms. The highest BCUT2D eigenvalue weighted by Gasteiger charge is 2.23. The maximum atomic E-state index is 11.1. The molecule has 0 saturated carbocycles. The molecule has 0 unspecified atom stereocenters. The van der Waals surface area contributed by atoms with Crippen molar-refractivity contribution in [3.63, 3.8) is 0 Å². The van der Waals surface area contributed by atoms with E-state index in [0.29, 0.717) is 5.82 Å². The van der Waals surface area contributed by atoms with Gasteiger partial charge in [0.05, 0.1) is 25.5 Å². The van der Waals surface area contributed by atoms with Gasteiger partial charge in [0.25, 0.3) is 0 Å². The van der Waals surface area contributed by atoms with Crippen molar-refractivity contribution >= 4 is 29.2 Å². The minimum absolute atomic E-state index is 0.0841. The third-order valence-corrected chi connectivity index (χ3v) is 2.05. The molecule has 0 aromatic carbocycles. The van der Waals surface area contributed by atoms with E-state index in [1.807, 2.05) is 0 Å². The summed E-state index contributed by atoms with van der Waals surface area (Å²) in [5.41, 5.74) is 0. The second-order valence-corrected chi connectivity index (χ2v) is 3.41. The Labute approximate surface area is 90.3 Å². The number of hydrogen-bond acceptors (Lipinski definition) is 5. The third kappa shape index (κ3) is 2.21. The second-order valence-electron chi connectivity index (χ2n) is 3.03. The van der Waals surface area contributed by atoms with E-state index in [-0.39, 0.29) is 30.1 Å². The molecule has 0 bridgehead atoms. The molecule has 7 heteroatoms. The largest absolute Gasteiger partial charge is 0.337 e. The SMILES string of the molecule is O=C1CN(c2cncc(Cl)n2)CC(=O)N1. The highest BCUT2D eigenvalue weighted by Crippen LogP contribution is 2.13.